The molecule has 0 N–H and O–H groups in total. The Morgan fingerprint density at radius 2 is 1.83 bits per heavy atom. The molecular weight excluding hydrogens is 150 g/mol. The summed E-state index contributed by atoms with van der Waals surface area (Å²) in [4.78, 5) is 4.04. The fourth-order valence-electron chi connectivity index (χ4n) is 0.813. The highest BCUT2D eigenvalue weighted by Gasteiger charge is 1.99. The molecule has 1 heterocycles. The number of nitrogens with zero attached hydrogens (tertiary/aromatic N) is 1. The number of methoxy groups -OCH3 is 1. The molecule has 0 aliphatic rings. The zero-order chi connectivity index (χ0) is 9.56. The topological polar surface area (TPSA) is 22.1 Å². The van der Waals surface area contributed by atoms with Gasteiger partial charge >= 0.3 is 0 Å². The lowest BCUT2D eigenvalue weighted by atomic mass is 10.2. The number of hydrogen-bond acceptors (Lipinski definition) is 2. The molecule has 0 saturated heterocycles. The van der Waals surface area contributed by atoms with Crippen molar-refractivity contribution >= 4 is 0 Å². The molecule has 1 aromatic rings. The first-order chi connectivity index (χ1) is 5.75. The molecule has 2 nitrogen and oxygen atoms in total. The van der Waals surface area contributed by atoms with Gasteiger partial charge in [0.2, 0.25) is 5.88 Å². The summed E-state index contributed by atoms with van der Waals surface area (Å²) < 4.78 is 5.01. The summed E-state index contributed by atoms with van der Waals surface area (Å²) >= 11 is 0. The maximum atomic E-state index is 5.01. The molecular formula is C10H17NO. The second-order valence-electron chi connectivity index (χ2n) is 2.26. The van der Waals surface area contributed by atoms with Crippen molar-refractivity contribution in [2.75, 3.05) is 7.11 Å². The minimum Gasteiger partial charge on any atom is -0.481 e. The Labute approximate surface area is 74.6 Å². The smallest absolute Gasteiger partial charge is 0.216 e. The molecule has 0 aliphatic carbocycles. The minimum absolute atomic E-state index is 0.722. The molecule has 0 unspecified atom stereocenters. The maximum absolute atomic E-state index is 5.01. The van der Waals surface area contributed by atoms with Gasteiger partial charge in [-0.2, -0.15) is 0 Å². The Morgan fingerprint density at radius 3 is 2.25 bits per heavy atom. The monoisotopic (exact) mass is 167 g/mol. The normalized spacial score (nSPS) is 8.42. The van der Waals surface area contributed by atoms with Gasteiger partial charge in [-0.25, -0.2) is 4.98 Å². The number of aryl methyl sites for hydroxylation is 1. The van der Waals surface area contributed by atoms with Crippen LogP contribution in [-0.4, -0.2) is 12.1 Å². The van der Waals surface area contributed by atoms with Crippen LogP contribution in [0.1, 0.15) is 25.0 Å². The summed E-state index contributed by atoms with van der Waals surface area (Å²) in [5, 5.41) is 0. The van der Waals surface area contributed by atoms with Crippen molar-refractivity contribution in [2.45, 2.75) is 27.7 Å². The first-order valence-electron chi connectivity index (χ1n) is 4.22. The second kappa shape index (κ2) is 5.58. The molecule has 0 aromatic carbocycles. The van der Waals surface area contributed by atoms with Gasteiger partial charge in [0.1, 0.15) is 0 Å². The van der Waals surface area contributed by atoms with E-state index in [0.717, 1.165) is 11.4 Å². The third-order valence-corrected chi connectivity index (χ3v) is 1.62. The summed E-state index contributed by atoms with van der Waals surface area (Å²) in [5.74, 6) is 0.722. The third-order valence-electron chi connectivity index (χ3n) is 1.62. The summed E-state index contributed by atoms with van der Waals surface area (Å²) in [7, 11) is 1.63. The Balaban J connectivity index is 0.000000561. The Hall–Kier alpha value is -1.05. The van der Waals surface area contributed by atoms with Crippen LogP contribution in [0.3, 0.4) is 0 Å². The molecule has 0 bridgehead atoms. The molecule has 68 valence electrons. The molecule has 1 aromatic heterocycles. The maximum Gasteiger partial charge on any atom is 0.216 e. The highest BCUT2D eigenvalue weighted by atomic mass is 16.5. The molecule has 0 aliphatic heterocycles. The first kappa shape index (κ1) is 11.0. The van der Waals surface area contributed by atoms with Crippen LogP contribution in [0.15, 0.2) is 12.3 Å². The zero-order valence-electron chi connectivity index (χ0n) is 8.51. The van der Waals surface area contributed by atoms with E-state index in [-0.39, 0.29) is 0 Å². The summed E-state index contributed by atoms with van der Waals surface area (Å²) in [6.45, 7) is 8.04. The van der Waals surface area contributed by atoms with Crippen molar-refractivity contribution in [3.05, 3.63) is 23.4 Å². The molecule has 12 heavy (non-hydrogen) atoms. The first-order valence-corrected chi connectivity index (χ1v) is 4.22. The van der Waals surface area contributed by atoms with Gasteiger partial charge < -0.3 is 4.74 Å². The predicted octanol–water partition coefficient (Wildman–Crippen LogP) is 2.73. The highest BCUT2D eigenvalue weighted by Crippen LogP contribution is 2.15. The second-order valence-corrected chi connectivity index (χ2v) is 2.26. The van der Waals surface area contributed by atoms with Gasteiger partial charge in [0.15, 0.2) is 0 Å². The van der Waals surface area contributed by atoms with Crippen molar-refractivity contribution in [2.24, 2.45) is 0 Å². The summed E-state index contributed by atoms with van der Waals surface area (Å²) in [6.07, 6.45) is 1.75. The van der Waals surface area contributed by atoms with E-state index in [0.29, 0.717) is 0 Å². The van der Waals surface area contributed by atoms with Crippen LogP contribution >= 0.6 is 0 Å². The Bertz CT molecular complexity index is 233. The molecule has 0 spiro atoms. The van der Waals surface area contributed by atoms with Crippen LogP contribution in [-0.2, 0) is 0 Å². The van der Waals surface area contributed by atoms with Crippen molar-refractivity contribution in [1.82, 2.24) is 4.98 Å². The Morgan fingerprint density at radius 1 is 1.25 bits per heavy atom. The molecule has 0 atom stereocenters. The average molecular weight is 167 g/mol. The van der Waals surface area contributed by atoms with Crippen molar-refractivity contribution < 1.29 is 4.74 Å². The SMILES string of the molecule is CC.COc1nccc(C)c1C. The van der Waals surface area contributed by atoms with Crippen LogP contribution in [0.25, 0.3) is 0 Å². The zero-order valence-corrected chi connectivity index (χ0v) is 8.51. The third kappa shape index (κ3) is 2.53. The van der Waals surface area contributed by atoms with E-state index >= 15 is 0 Å². The predicted molar refractivity (Wildman–Crippen MR) is 51.6 cm³/mol. The van der Waals surface area contributed by atoms with Gasteiger partial charge in [-0.15, -0.1) is 0 Å². The average Bonchev–Trinajstić information content (AvgIpc) is 2.13. The van der Waals surface area contributed by atoms with E-state index in [1.54, 1.807) is 13.3 Å². The largest absolute Gasteiger partial charge is 0.481 e. The van der Waals surface area contributed by atoms with Gasteiger partial charge in [-0.05, 0) is 25.5 Å². The lowest BCUT2D eigenvalue weighted by Crippen LogP contribution is -1.92. The van der Waals surface area contributed by atoms with Crippen LogP contribution < -0.4 is 4.74 Å². The van der Waals surface area contributed by atoms with E-state index < -0.39 is 0 Å². The number of pyridine rings is 1. The standard InChI is InChI=1S/C8H11NO.C2H6/c1-6-4-5-9-8(10-3)7(6)2;1-2/h4-5H,1-3H3;1-2H3. The van der Waals surface area contributed by atoms with Crippen molar-refractivity contribution in [3.63, 3.8) is 0 Å². The fourth-order valence-corrected chi connectivity index (χ4v) is 0.813. The number of hydrogen-bond donors (Lipinski definition) is 0. The summed E-state index contributed by atoms with van der Waals surface area (Å²) in [6, 6.07) is 1.97. The summed E-state index contributed by atoms with van der Waals surface area (Å²) in [5.41, 5.74) is 2.33. The molecule has 0 fully saturated rings. The van der Waals surface area contributed by atoms with Crippen molar-refractivity contribution in [1.29, 1.82) is 0 Å². The van der Waals surface area contributed by atoms with E-state index in [9.17, 15) is 0 Å². The van der Waals surface area contributed by atoms with E-state index in [1.807, 2.05) is 33.8 Å². The number of aromatic nitrogens is 1. The molecule has 0 amide bonds. The van der Waals surface area contributed by atoms with Gasteiger partial charge in [0.25, 0.3) is 0 Å². The van der Waals surface area contributed by atoms with Gasteiger partial charge in [-0.3, -0.25) is 0 Å². The van der Waals surface area contributed by atoms with Crippen LogP contribution in [0, 0.1) is 13.8 Å². The van der Waals surface area contributed by atoms with E-state index in [4.69, 9.17) is 4.74 Å². The lowest BCUT2D eigenvalue weighted by Gasteiger charge is -2.03. The van der Waals surface area contributed by atoms with Crippen LogP contribution in [0.5, 0.6) is 5.88 Å². The van der Waals surface area contributed by atoms with Gasteiger partial charge in [-0.1, -0.05) is 13.8 Å². The van der Waals surface area contributed by atoms with Gasteiger partial charge in [0.05, 0.1) is 7.11 Å². The minimum atomic E-state index is 0.722. The quantitative estimate of drug-likeness (QED) is 0.641. The fraction of sp³-hybridized carbons (Fsp3) is 0.500. The molecule has 0 saturated carbocycles. The Kier molecular flexibility index (Phi) is 5.09. The number of rotatable bonds is 1. The number of ether oxygens (including phenoxy) is 1. The molecule has 2 heteroatoms. The lowest BCUT2D eigenvalue weighted by molar-refractivity contribution is 0.394. The van der Waals surface area contributed by atoms with Crippen LogP contribution in [0.2, 0.25) is 0 Å². The molecule has 0 radical (unpaired) electrons. The van der Waals surface area contributed by atoms with E-state index in [2.05, 4.69) is 4.98 Å². The van der Waals surface area contributed by atoms with E-state index in [1.165, 1.54) is 5.56 Å². The van der Waals surface area contributed by atoms with Crippen molar-refractivity contribution in [3.8, 4) is 5.88 Å². The molecule has 1 rings (SSSR count). The van der Waals surface area contributed by atoms with Gasteiger partial charge in [0, 0.05) is 11.8 Å². The van der Waals surface area contributed by atoms with Crippen LogP contribution in [0.4, 0.5) is 0 Å². The highest BCUT2D eigenvalue weighted by molar-refractivity contribution is 5.31.